The van der Waals surface area contributed by atoms with E-state index in [9.17, 15) is 0 Å². The van der Waals surface area contributed by atoms with E-state index in [-0.39, 0.29) is 0 Å². The Balaban J connectivity index is 1.44. The van der Waals surface area contributed by atoms with Gasteiger partial charge < -0.3 is 10.2 Å². The number of aryl methyl sites for hydroxylation is 2. The second-order valence-electron chi connectivity index (χ2n) is 6.72. The van der Waals surface area contributed by atoms with E-state index in [2.05, 4.69) is 35.5 Å². The molecule has 10 heteroatoms. The van der Waals surface area contributed by atoms with Crippen LogP contribution in [0.4, 0.5) is 16.9 Å². The van der Waals surface area contributed by atoms with E-state index in [4.69, 9.17) is 4.98 Å². The lowest BCUT2D eigenvalue weighted by atomic mass is 10.2. The fourth-order valence-electron chi connectivity index (χ4n) is 3.33. The average Bonchev–Trinajstić information content (AvgIpc) is 3.37. The van der Waals surface area contributed by atoms with Gasteiger partial charge in [0.15, 0.2) is 5.13 Å². The number of aromatic amines is 1. The van der Waals surface area contributed by atoms with Crippen LogP contribution in [0.15, 0.2) is 30.7 Å². The number of fused-ring (bicyclic) bond motifs is 3. The van der Waals surface area contributed by atoms with E-state index in [1.807, 2.05) is 43.2 Å². The first-order valence-electron chi connectivity index (χ1n) is 8.99. The van der Waals surface area contributed by atoms with Crippen molar-refractivity contribution in [2.75, 3.05) is 16.8 Å². The molecule has 1 aliphatic rings. The van der Waals surface area contributed by atoms with Crippen LogP contribution in [-0.4, -0.2) is 41.5 Å². The molecule has 2 N–H and O–H groups in total. The maximum Gasteiger partial charge on any atom is 0.229 e. The molecule has 0 atom stereocenters. The standard InChI is InChI=1S/C18H19N9S/c1-11-3-6-19-17(21-11)23-18-22-15-13-9-20-24-16(13)27(8-5-14(15)28-18)10-12-4-7-26(2)25-12/h3-4,6-7,9H,5,8,10H2,1-2H3,(H,20,24)(H,19,21,22,23). The Kier molecular flexibility index (Phi) is 4.05. The average molecular weight is 393 g/mol. The molecule has 0 unspecified atom stereocenters. The molecular formula is C18H19N9S. The lowest BCUT2D eigenvalue weighted by Crippen LogP contribution is -2.25. The number of aromatic nitrogens is 7. The van der Waals surface area contributed by atoms with Gasteiger partial charge in [0.05, 0.1) is 29.7 Å². The molecule has 0 bridgehead atoms. The van der Waals surface area contributed by atoms with Crippen LogP contribution >= 0.6 is 11.3 Å². The Morgan fingerprint density at radius 2 is 2.21 bits per heavy atom. The van der Waals surface area contributed by atoms with Crippen molar-refractivity contribution in [2.45, 2.75) is 19.9 Å². The van der Waals surface area contributed by atoms with Gasteiger partial charge in [0.25, 0.3) is 0 Å². The van der Waals surface area contributed by atoms with Gasteiger partial charge >= 0.3 is 0 Å². The number of hydrogen-bond acceptors (Lipinski definition) is 8. The highest BCUT2D eigenvalue weighted by atomic mass is 32.1. The zero-order valence-electron chi connectivity index (χ0n) is 15.5. The first kappa shape index (κ1) is 16.9. The molecule has 5 heterocycles. The van der Waals surface area contributed by atoms with Crippen LogP contribution in [0.5, 0.6) is 0 Å². The molecule has 4 aromatic rings. The van der Waals surface area contributed by atoms with Crippen molar-refractivity contribution in [1.29, 1.82) is 0 Å². The van der Waals surface area contributed by atoms with Crippen LogP contribution in [-0.2, 0) is 20.0 Å². The van der Waals surface area contributed by atoms with Gasteiger partial charge in [-0.05, 0) is 19.1 Å². The van der Waals surface area contributed by atoms with Gasteiger partial charge in [-0.2, -0.15) is 10.2 Å². The summed E-state index contributed by atoms with van der Waals surface area (Å²) in [6, 6.07) is 3.91. The van der Waals surface area contributed by atoms with Gasteiger partial charge in [-0.25, -0.2) is 15.0 Å². The molecule has 9 nitrogen and oxygen atoms in total. The second-order valence-corrected chi connectivity index (χ2v) is 7.81. The Morgan fingerprint density at radius 3 is 3.04 bits per heavy atom. The summed E-state index contributed by atoms with van der Waals surface area (Å²) in [5.74, 6) is 1.54. The number of nitrogens with zero attached hydrogens (tertiary/aromatic N) is 7. The highest BCUT2D eigenvalue weighted by molar-refractivity contribution is 7.16. The maximum absolute atomic E-state index is 4.82. The van der Waals surface area contributed by atoms with Crippen LogP contribution in [0.1, 0.15) is 16.3 Å². The molecule has 0 aromatic carbocycles. The third kappa shape index (κ3) is 3.11. The highest BCUT2D eigenvalue weighted by Gasteiger charge is 2.26. The molecule has 0 fully saturated rings. The first-order chi connectivity index (χ1) is 13.7. The third-order valence-electron chi connectivity index (χ3n) is 4.63. The summed E-state index contributed by atoms with van der Waals surface area (Å²) in [5, 5.41) is 15.9. The molecule has 5 rings (SSSR count). The lowest BCUT2D eigenvalue weighted by molar-refractivity contribution is 0.710. The smallest absolute Gasteiger partial charge is 0.229 e. The number of hydrogen-bond donors (Lipinski definition) is 2. The second kappa shape index (κ2) is 6.71. The first-order valence-corrected chi connectivity index (χ1v) is 9.81. The summed E-state index contributed by atoms with van der Waals surface area (Å²) in [6.45, 7) is 3.53. The van der Waals surface area contributed by atoms with Crippen molar-refractivity contribution in [1.82, 2.24) is 34.9 Å². The predicted octanol–water partition coefficient (Wildman–Crippen LogP) is 2.67. The van der Waals surface area contributed by atoms with Crippen molar-refractivity contribution in [2.24, 2.45) is 7.05 Å². The van der Waals surface area contributed by atoms with Gasteiger partial charge in [-0.3, -0.25) is 9.78 Å². The highest BCUT2D eigenvalue weighted by Crippen LogP contribution is 2.39. The van der Waals surface area contributed by atoms with E-state index in [1.54, 1.807) is 17.5 Å². The molecule has 0 radical (unpaired) electrons. The monoisotopic (exact) mass is 393 g/mol. The molecule has 4 aromatic heterocycles. The number of H-pyrrole nitrogens is 1. The number of thiazole rings is 1. The Hall–Kier alpha value is -3.27. The van der Waals surface area contributed by atoms with Crippen LogP contribution in [0, 0.1) is 6.92 Å². The SMILES string of the molecule is Cc1ccnc(Nc2nc3c(s2)CCN(Cc2ccn(C)n2)c2[nH]ncc2-3)n1. The van der Waals surface area contributed by atoms with Gasteiger partial charge in [0, 0.05) is 43.0 Å². The molecule has 1 aliphatic heterocycles. The van der Waals surface area contributed by atoms with Gasteiger partial charge in [0.2, 0.25) is 5.95 Å². The molecule has 28 heavy (non-hydrogen) atoms. The molecular weight excluding hydrogens is 374 g/mol. The number of nitrogens with one attached hydrogen (secondary N) is 2. The minimum absolute atomic E-state index is 0.563. The van der Waals surface area contributed by atoms with Crippen LogP contribution < -0.4 is 10.2 Å². The fraction of sp³-hybridized carbons (Fsp3) is 0.278. The van der Waals surface area contributed by atoms with Crippen LogP contribution in [0.3, 0.4) is 0 Å². The lowest BCUT2D eigenvalue weighted by Gasteiger charge is -2.20. The van der Waals surface area contributed by atoms with E-state index in [0.717, 1.165) is 53.1 Å². The fourth-order valence-corrected chi connectivity index (χ4v) is 4.29. The van der Waals surface area contributed by atoms with E-state index >= 15 is 0 Å². The van der Waals surface area contributed by atoms with Crippen molar-refractivity contribution in [3.63, 3.8) is 0 Å². The van der Waals surface area contributed by atoms with Gasteiger partial charge in [0.1, 0.15) is 5.82 Å². The Bertz CT molecular complexity index is 1130. The van der Waals surface area contributed by atoms with E-state index in [0.29, 0.717) is 5.95 Å². The topological polar surface area (TPSA) is 100 Å². The number of rotatable bonds is 4. The third-order valence-corrected chi connectivity index (χ3v) is 5.66. The summed E-state index contributed by atoms with van der Waals surface area (Å²) in [4.78, 5) is 17.0. The molecule has 0 spiro atoms. The van der Waals surface area contributed by atoms with Gasteiger partial charge in [-0.15, -0.1) is 11.3 Å². The zero-order valence-corrected chi connectivity index (χ0v) is 16.4. The summed E-state index contributed by atoms with van der Waals surface area (Å²) in [5.41, 5.74) is 3.92. The molecule has 0 saturated heterocycles. The zero-order chi connectivity index (χ0) is 19.1. The van der Waals surface area contributed by atoms with E-state index < -0.39 is 0 Å². The summed E-state index contributed by atoms with van der Waals surface area (Å²) in [7, 11) is 1.93. The molecule has 0 amide bonds. The molecule has 0 aliphatic carbocycles. The minimum Gasteiger partial charge on any atom is -0.350 e. The van der Waals surface area contributed by atoms with Crippen molar-refractivity contribution in [3.8, 4) is 11.3 Å². The molecule has 142 valence electrons. The normalized spacial score (nSPS) is 13.1. The largest absolute Gasteiger partial charge is 0.350 e. The predicted molar refractivity (Wildman–Crippen MR) is 108 cm³/mol. The van der Waals surface area contributed by atoms with Crippen LogP contribution in [0.25, 0.3) is 11.3 Å². The minimum atomic E-state index is 0.563. The number of anilines is 3. The van der Waals surface area contributed by atoms with Crippen molar-refractivity contribution < 1.29 is 0 Å². The van der Waals surface area contributed by atoms with Gasteiger partial charge in [-0.1, -0.05) is 0 Å². The van der Waals surface area contributed by atoms with Crippen molar-refractivity contribution >= 4 is 28.2 Å². The maximum atomic E-state index is 4.82. The van der Waals surface area contributed by atoms with Crippen molar-refractivity contribution in [3.05, 3.63) is 47.0 Å². The Morgan fingerprint density at radius 1 is 1.29 bits per heavy atom. The van der Waals surface area contributed by atoms with Crippen LogP contribution in [0.2, 0.25) is 0 Å². The quantitative estimate of drug-likeness (QED) is 0.550. The summed E-state index contributed by atoms with van der Waals surface area (Å²) >= 11 is 1.64. The Labute approximate surface area is 165 Å². The molecule has 0 saturated carbocycles. The summed E-state index contributed by atoms with van der Waals surface area (Å²) < 4.78 is 1.82. The van der Waals surface area contributed by atoms with E-state index in [1.165, 1.54) is 4.88 Å². The summed E-state index contributed by atoms with van der Waals surface area (Å²) in [6.07, 6.45) is 6.45.